The third kappa shape index (κ3) is 5.37. The fraction of sp³-hybridized carbons (Fsp3) is 0.462. The Morgan fingerprint density at radius 1 is 1.06 bits per heavy atom. The van der Waals surface area contributed by atoms with Crippen molar-refractivity contribution in [3.63, 3.8) is 0 Å². The SMILES string of the molecule is COC(=O)c1c(OC[C@H]2CC(=O)N(C)C2)cc(=O)n2c1CCN(C(=O)Cc1ccc(OC)cc1)CC2. The average Bonchev–Trinajstić information content (AvgIpc) is 3.05. The van der Waals surface area contributed by atoms with Gasteiger partial charge in [0.1, 0.15) is 17.1 Å². The third-order valence-corrected chi connectivity index (χ3v) is 6.75. The fourth-order valence-corrected chi connectivity index (χ4v) is 4.74. The second-order valence-corrected chi connectivity index (χ2v) is 9.12. The molecule has 1 aromatic heterocycles. The van der Waals surface area contributed by atoms with Crippen molar-refractivity contribution in [1.82, 2.24) is 14.4 Å². The number of hydrogen-bond donors (Lipinski definition) is 0. The zero-order valence-corrected chi connectivity index (χ0v) is 20.8. The Bertz CT molecular complexity index is 1210. The van der Waals surface area contributed by atoms with E-state index in [1.807, 2.05) is 24.3 Å². The van der Waals surface area contributed by atoms with Crippen LogP contribution < -0.4 is 15.0 Å². The maximum atomic E-state index is 13.0. The lowest BCUT2D eigenvalue weighted by molar-refractivity contribution is -0.130. The van der Waals surface area contributed by atoms with Gasteiger partial charge in [-0.25, -0.2) is 4.79 Å². The lowest BCUT2D eigenvalue weighted by atomic mass is 10.1. The highest BCUT2D eigenvalue weighted by Crippen LogP contribution is 2.26. The van der Waals surface area contributed by atoms with E-state index in [4.69, 9.17) is 14.2 Å². The van der Waals surface area contributed by atoms with E-state index < -0.39 is 5.97 Å². The predicted molar refractivity (Wildman–Crippen MR) is 130 cm³/mol. The second kappa shape index (κ2) is 10.8. The van der Waals surface area contributed by atoms with Crippen molar-refractivity contribution in [2.75, 3.05) is 47.5 Å². The smallest absolute Gasteiger partial charge is 0.343 e. The van der Waals surface area contributed by atoms with Crippen LogP contribution >= 0.6 is 0 Å². The minimum Gasteiger partial charge on any atom is -0.497 e. The van der Waals surface area contributed by atoms with E-state index >= 15 is 0 Å². The van der Waals surface area contributed by atoms with E-state index in [-0.39, 0.29) is 54.2 Å². The summed E-state index contributed by atoms with van der Waals surface area (Å²) >= 11 is 0. The molecule has 0 saturated carbocycles. The number of hydrogen-bond acceptors (Lipinski definition) is 7. The molecule has 0 radical (unpaired) electrons. The Balaban J connectivity index is 1.52. The Labute approximate surface area is 209 Å². The molecular weight excluding hydrogens is 466 g/mol. The molecule has 1 saturated heterocycles. The summed E-state index contributed by atoms with van der Waals surface area (Å²) in [6.45, 7) is 1.72. The van der Waals surface area contributed by atoms with Gasteiger partial charge in [-0.2, -0.15) is 0 Å². The van der Waals surface area contributed by atoms with E-state index in [9.17, 15) is 19.2 Å². The summed E-state index contributed by atoms with van der Waals surface area (Å²) in [4.78, 5) is 53.9. The first-order valence-corrected chi connectivity index (χ1v) is 11.9. The van der Waals surface area contributed by atoms with Gasteiger partial charge >= 0.3 is 5.97 Å². The van der Waals surface area contributed by atoms with Gasteiger partial charge in [-0.15, -0.1) is 0 Å². The number of carbonyl (C=O) groups is 3. The molecule has 1 atom stereocenters. The van der Waals surface area contributed by atoms with Crippen LogP contribution in [0.1, 0.15) is 28.0 Å². The lowest BCUT2D eigenvalue weighted by Gasteiger charge is -2.20. The van der Waals surface area contributed by atoms with Crippen molar-refractivity contribution in [3.05, 3.63) is 57.5 Å². The standard InChI is InChI=1S/C26H31N3O7/c1-27-15-18(13-22(27)30)16-36-21-14-24(32)29-11-10-28(9-8-20(29)25(21)26(33)35-3)23(31)12-17-4-6-19(34-2)7-5-17/h4-7,14,18H,8-13,15-16H2,1-3H3/t18-/m0/s1. The van der Waals surface area contributed by atoms with Gasteiger partial charge in [-0.05, 0) is 17.7 Å². The summed E-state index contributed by atoms with van der Waals surface area (Å²) in [6, 6.07) is 8.62. The molecule has 1 fully saturated rings. The number of rotatable bonds is 7. The van der Waals surface area contributed by atoms with Gasteiger partial charge in [0.05, 0.1) is 27.2 Å². The van der Waals surface area contributed by atoms with Gasteiger partial charge < -0.3 is 28.6 Å². The molecule has 36 heavy (non-hydrogen) atoms. The van der Waals surface area contributed by atoms with Crippen molar-refractivity contribution in [2.45, 2.75) is 25.8 Å². The monoisotopic (exact) mass is 497 g/mol. The molecule has 4 rings (SSSR count). The van der Waals surface area contributed by atoms with Crippen molar-refractivity contribution >= 4 is 17.8 Å². The number of carbonyl (C=O) groups excluding carboxylic acids is 3. The molecule has 10 heteroatoms. The van der Waals surface area contributed by atoms with Gasteiger partial charge in [0.15, 0.2) is 0 Å². The van der Waals surface area contributed by atoms with Gasteiger partial charge in [0.25, 0.3) is 5.56 Å². The molecule has 2 aromatic rings. The van der Waals surface area contributed by atoms with E-state index in [0.29, 0.717) is 38.2 Å². The number of esters is 1. The zero-order chi connectivity index (χ0) is 25.8. The molecule has 2 aliphatic heterocycles. The molecule has 0 aliphatic carbocycles. The number of benzene rings is 1. The Morgan fingerprint density at radius 2 is 1.81 bits per heavy atom. The molecule has 192 valence electrons. The molecular formula is C26H31N3O7. The highest BCUT2D eigenvalue weighted by Gasteiger charge is 2.30. The summed E-state index contributed by atoms with van der Waals surface area (Å²) in [5.41, 5.74) is 1.24. The zero-order valence-electron chi connectivity index (χ0n) is 20.8. The minimum absolute atomic E-state index is 0.0272. The van der Waals surface area contributed by atoms with Crippen LogP contribution in [-0.2, 0) is 33.7 Å². The summed E-state index contributed by atoms with van der Waals surface area (Å²) in [5, 5.41) is 0. The first kappa shape index (κ1) is 25.3. The van der Waals surface area contributed by atoms with Crippen LogP contribution in [-0.4, -0.2) is 79.7 Å². The fourth-order valence-electron chi connectivity index (χ4n) is 4.74. The van der Waals surface area contributed by atoms with Crippen LogP contribution in [0.5, 0.6) is 11.5 Å². The number of aromatic nitrogens is 1. The quantitative estimate of drug-likeness (QED) is 0.528. The first-order valence-electron chi connectivity index (χ1n) is 11.9. The van der Waals surface area contributed by atoms with Gasteiger partial charge in [0.2, 0.25) is 11.8 Å². The van der Waals surface area contributed by atoms with Crippen LogP contribution in [0.15, 0.2) is 35.1 Å². The molecule has 10 nitrogen and oxygen atoms in total. The number of ether oxygens (including phenoxy) is 3. The van der Waals surface area contributed by atoms with Crippen LogP contribution in [0.2, 0.25) is 0 Å². The first-order chi connectivity index (χ1) is 17.3. The minimum atomic E-state index is -0.605. The van der Waals surface area contributed by atoms with E-state index in [1.165, 1.54) is 17.7 Å². The van der Waals surface area contributed by atoms with Crippen molar-refractivity contribution in [3.8, 4) is 11.5 Å². The van der Waals surface area contributed by atoms with E-state index in [0.717, 1.165) is 11.3 Å². The highest BCUT2D eigenvalue weighted by atomic mass is 16.5. The Hall–Kier alpha value is -3.82. The van der Waals surface area contributed by atoms with Gasteiger partial charge in [-0.1, -0.05) is 12.1 Å². The topological polar surface area (TPSA) is 107 Å². The molecule has 3 heterocycles. The number of methoxy groups -OCH3 is 2. The summed E-state index contributed by atoms with van der Waals surface area (Å²) in [7, 11) is 4.60. The highest BCUT2D eigenvalue weighted by molar-refractivity contribution is 5.93. The van der Waals surface area contributed by atoms with Crippen molar-refractivity contribution in [2.24, 2.45) is 5.92 Å². The normalized spacial score (nSPS) is 17.4. The third-order valence-electron chi connectivity index (χ3n) is 6.75. The number of likely N-dealkylation sites (tertiary alicyclic amines) is 1. The molecule has 2 amide bonds. The number of nitrogens with zero attached hydrogens (tertiary/aromatic N) is 3. The molecule has 2 aliphatic rings. The Morgan fingerprint density at radius 3 is 2.44 bits per heavy atom. The van der Waals surface area contributed by atoms with Crippen LogP contribution in [0.4, 0.5) is 0 Å². The van der Waals surface area contributed by atoms with Crippen LogP contribution in [0.25, 0.3) is 0 Å². The lowest BCUT2D eigenvalue weighted by Crippen LogP contribution is -2.35. The van der Waals surface area contributed by atoms with Gasteiger partial charge in [-0.3, -0.25) is 14.4 Å². The summed E-state index contributed by atoms with van der Waals surface area (Å²) < 4.78 is 17.6. The largest absolute Gasteiger partial charge is 0.497 e. The van der Waals surface area contributed by atoms with Gasteiger partial charge in [0, 0.05) is 63.7 Å². The van der Waals surface area contributed by atoms with Crippen molar-refractivity contribution in [1.29, 1.82) is 0 Å². The van der Waals surface area contributed by atoms with Crippen LogP contribution in [0.3, 0.4) is 0 Å². The maximum absolute atomic E-state index is 13.0. The molecule has 1 aromatic carbocycles. The molecule has 0 spiro atoms. The molecule has 0 unspecified atom stereocenters. The predicted octanol–water partition coefficient (Wildman–Crippen LogP) is 1.13. The summed E-state index contributed by atoms with van der Waals surface area (Å²) in [5.74, 6) is 0.214. The molecule has 0 bridgehead atoms. The van der Waals surface area contributed by atoms with E-state index in [1.54, 1.807) is 24.0 Å². The van der Waals surface area contributed by atoms with Crippen LogP contribution in [0, 0.1) is 5.92 Å². The number of amides is 2. The van der Waals surface area contributed by atoms with E-state index in [2.05, 4.69) is 0 Å². The Kier molecular flexibility index (Phi) is 7.61. The average molecular weight is 498 g/mol. The maximum Gasteiger partial charge on any atom is 0.343 e. The van der Waals surface area contributed by atoms with Crippen molar-refractivity contribution < 1.29 is 28.6 Å². The summed E-state index contributed by atoms with van der Waals surface area (Å²) in [6.07, 6.45) is 0.886. The second-order valence-electron chi connectivity index (χ2n) is 9.12. The number of pyridine rings is 1. The number of fused-ring (bicyclic) bond motifs is 1. The molecule has 0 N–H and O–H groups in total.